The summed E-state index contributed by atoms with van der Waals surface area (Å²) in [6.07, 6.45) is 5.39. The van der Waals surface area contributed by atoms with E-state index in [-0.39, 0.29) is 5.69 Å². The van der Waals surface area contributed by atoms with E-state index >= 15 is 0 Å². The van der Waals surface area contributed by atoms with Gasteiger partial charge in [0.1, 0.15) is 0 Å². The highest BCUT2D eigenvalue weighted by atomic mass is 16.1. The molecule has 0 saturated carbocycles. The topological polar surface area (TPSA) is 46.9 Å². The third-order valence-corrected chi connectivity index (χ3v) is 2.33. The van der Waals surface area contributed by atoms with Crippen LogP contribution in [-0.4, -0.2) is 22.1 Å². The lowest BCUT2D eigenvalue weighted by Gasteiger charge is -2.13. The number of aromatic nitrogens is 2. The Bertz CT molecular complexity index is 335. The molecule has 0 radical (unpaired) electrons. The molecule has 4 nitrogen and oxygen atoms in total. The van der Waals surface area contributed by atoms with Gasteiger partial charge in [0.05, 0.1) is 0 Å². The number of rotatable bonds is 6. The number of hydrogen-bond donors (Lipinski definition) is 1. The van der Waals surface area contributed by atoms with Crippen LogP contribution in [0.3, 0.4) is 0 Å². The molecule has 1 heterocycles. The lowest BCUT2D eigenvalue weighted by atomic mass is 10.2. The molecule has 84 valence electrons. The monoisotopic (exact) mass is 209 g/mol. The van der Waals surface area contributed by atoms with Gasteiger partial charge < -0.3 is 5.32 Å². The second-order valence-corrected chi connectivity index (χ2v) is 3.74. The van der Waals surface area contributed by atoms with E-state index < -0.39 is 0 Å². The van der Waals surface area contributed by atoms with Gasteiger partial charge in [0, 0.05) is 25.0 Å². The Hall–Kier alpha value is -1.16. The lowest BCUT2D eigenvalue weighted by molar-refractivity contribution is 0.468. The largest absolute Gasteiger partial charge is 0.347 e. The molecule has 0 bridgehead atoms. The third kappa shape index (κ3) is 4.25. The highest BCUT2D eigenvalue weighted by molar-refractivity contribution is 4.81. The predicted octanol–water partition coefficient (Wildman–Crippen LogP) is 1.02. The second kappa shape index (κ2) is 6.35. The highest BCUT2D eigenvalue weighted by Gasteiger charge is 2.01. The molecule has 1 unspecified atom stereocenters. The molecule has 0 aliphatic rings. The van der Waals surface area contributed by atoms with Crippen LogP contribution in [-0.2, 0) is 6.54 Å². The Morgan fingerprint density at radius 1 is 1.60 bits per heavy atom. The third-order valence-electron chi connectivity index (χ3n) is 2.33. The maximum atomic E-state index is 11.3. The smallest absolute Gasteiger partial charge is 0.314 e. The van der Waals surface area contributed by atoms with Gasteiger partial charge in [0.2, 0.25) is 0 Å². The summed E-state index contributed by atoms with van der Waals surface area (Å²) in [5, 5.41) is 3.39. The molecule has 1 rings (SSSR count). The van der Waals surface area contributed by atoms with Crippen molar-refractivity contribution in [2.24, 2.45) is 0 Å². The van der Waals surface area contributed by atoms with Crippen LogP contribution < -0.4 is 11.0 Å². The van der Waals surface area contributed by atoms with Crippen molar-refractivity contribution in [2.45, 2.75) is 39.3 Å². The van der Waals surface area contributed by atoms with Crippen LogP contribution in [0.25, 0.3) is 0 Å². The van der Waals surface area contributed by atoms with E-state index in [0.717, 1.165) is 25.9 Å². The molecule has 4 heteroatoms. The number of nitrogens with zero attached hydrogens (tertiary/aromatic N) is 2. The van der Waals surface area contributed by atoms with Crippen molar-refractivity contribution in [2.75, 3.05) is 6.54 Å². The van der Waals surface area contributed by atoms with Gasteiger partial charge in [-0.3, -0.25) is 4.57 Å². The summed E-state index contributed by atoms with van der Waals surface area (Å²) in [5.41, 5.74) is -0.166. The quantitative estimate of drug-likeness (QED) is 0.761. The van der Waals surface area contributed by atoms with E-state index in [9.17, 15) is 4.79 Å². The van der Waals surface area contributed by atoms with Gasteiger partial charge in [0.15, 0.2) is 0 Å². The van der Waals surface area contributed by atoms with Crippen LogP contribution in [0.5, 0.6) is 0 Å². The molecule has 0 fully saturated rings. The first-order chi connectivity index (χ1) is 7.24. The van der Waals surface area contributed by atoms with Crippen molar-refractivity contribution < 1.29 is 0 Å². The molecule has 0 spiro atoms. The molecule has 0 aromatic carbocycles. The van der Waals surface area contributed by atoms with E-state index in [2.05, 4.69) is 24.1 Å². The van der Waals surface area contributed by atoms with Gasteiger partial charge >= 0.3 is 5.69 Å². The zero-order valence-corrected chi connectivity index (χ0v) is 9.44. The average Bonchev–Trinajstić information content (AvgIpc) is 2.25. The molecule has 0 aliphatic carbocycles. The van der Waals surface area contributed by atoms with Gasteiger partial charge in [-0.25, -0.2) is 9.78 Å². The van der Waals surface area contributed by atoms with Gasteiger partial charge in [-0.15, -0.1) is 0 Å². The summed E-state index contributed by atoms with van der Waals surface area (Å²) in [5.74, 6) is 0. The van der Waals surface area contributed by atoms with E-state index in [0.29, 0.717) is 6.04 Å². The summed E-state index contributed by atoms with van der Waals surface area (Å²) >= 11 is 0. The van der Waals surface area contributed by atoms with Crippen LogP contribution in [0, 0.1) is 0 Å². The molecule has 1 aromatic rings. The maximum absolute atomic E-state index is 11.3. The van der Waals surface area contributed by atoms with Gasteiger partial charge in [-0.1, -0.05) is 6.92 Å². The summed E-state index contributed by atoms with van der Waals surface area (Å²) in [7, 11) is 0. The molecular formula is C11H19N3O. The van der Waals surface area contributed by atoms with Crippen molar-refractivity contribution >= 4 is 0 Å². The summed E-state index contributed by atoms with van der Waals surface area (Å²) < 4.78 is 1.64. The molecule has 1 atom stereocenters. The van der Waals surface area contributed by atoms with Crippen LogP contribution in [0.2, 0.25) is 0 Å². The summed E-state index contributed by atoms with van der Waals surface area (Å²) in [6.45, 7) is 6.04. The highest BCUT2D eigenvalue weighted by Crippen LogP contribution is 1.93. The van der Waals surface area contributed by atoms with Crippen LogP contribution in [0.1, 0.15) is 26.7 Å². The van der Waals surface area contributed by atoms with Crippen molar-refractivity contribution in [1.82, 2.24) is 14.9 Å². The first kappa shape index (κ1) is 11.9. The summed E-state index contributed by atoms with van der Waals surface area (Å²) in [4.78, 5) is 15.0. The SMILES string of the molecule is CCCNC(C)CCn1cccnc1=O. The molecule has 15 heavy (non-hydrogen) atoms. The Morgan fingerprint density at radius 3 is 3.07 bits per heavy atom. The minimum atomic E-state index is -0.166. The van der Waals surface area contributed by atoms with E-state index in [1.54, 1.807) is 16.8 Å². The maximum Gasteiger partial charge on any atom is 0.347 e. The van der Waals surface area contributed by atoms with Gasteiger partial charge in [0.25, 0.3) is 0 Å². The van der Waals surface area contributed by atoms with Crippen LogP contribution in [0.4, 0.5) is 0 Å². The number of aryl methyl sites for hydroxylation is 1. The Kier molecular flexibility index (Phi) is 5.04. The fourth-order valence-electron chi connectivity index (χ4n) is 1.38. The van der Waals surface area contributed by atoms with Crippen molar-refractivity contribution in [3.8, 4) is 0 Å². The Morgan fingerprint density at radius 2 is 2.40 bits per heavy atom. The second-order valence-electron chi connectivity index (χ2n) is 3.74. The fraction of sp³-hybridized carbons (Fsp3) is 0.636. The zero-order valence-electron chi connectivity index (χ0n) is 9.44. The predicted molar refractivity (Wildman–Crippen MR) is 60.9 cm³/mol. The van der Waals surface area contributed by atoms with Crippen molar-refractivity contribution in [3.05, 3.63) is 28.9 Å². The summed E-state index contributed by atoms with van der Waals surface area (Å²) in [6, 6.07) is 2.22. The number of hydrogen-bond acceptors (Lipinski definition) is 3. The standard InChI is InChI=1S/C11H19N3O/c1-3-6-12-10(2)5-9-14-8-4-7-13-11(14)15/h4,7-8,10,12H,3,5-6,9H2,1-2H3. The van der Waals surface area contributed by atoms with Crippen molar-refractivity contribution in [1.29, 1.82) is 0 Å². The van der Waals surface area contributed by atoms with Crippen LogP contribution >= 0.6 is 0 Å². The number of nitrogens with one attached hydrogen (secondary N) is 1. The molecule has 0 saturated heterocycles. The zero-order chi connectivity index (χ0) is 11.1. The molecular weight excluding hydrogens is 190 g/mol. The molecule has 0 aliphatic heterocycles. The molecule has 1 aromatic heterocycles. The normalized spacial score (nSPS) is 12.7. The molecule has 1 N–H and O–H groups in total. The first-order valence-corrected chi connectivity index (χ1v) is 5.49. The van der Waals surface area contributed by atoms with Gasteiger partial charge in [-0.2, -0.15) is 0 Å². The average molecular weight is 209 g/mol. The van der Waals surface area contributed by atoms with Crippen molar-refractivity contribution in [3.63, 3.8) is 0 Å². The minimum Gasteiger partial charge on any atom is -0.314 e. The van der Waals surface area contributed by atoms with Crippen LogP contribution in [0.15, 0.2) is 23.3 Å². The first-order valence-electron chi connectivity index (χ1n) is 5.49. The minimum absolute atomic E-state index is 0.166. The van der Waals surface area contributed by atoms with E-state index in [1.165, 1.54) is 6.20 Å². The van der Waals surface area contributed by atoms with Gasteiger partial charge in [-0.05, 0) is 32.4 Å². The fourth-order valence-corrected chi connectivity index (χ4v) is 1.38. The van der Waals surface area contributed by atoms with E-state index in [1.807, 2.05) is 0 Å². The Labute approximate surface area is 90.3 Å². The van der Waals surface area contributed by atoms with E-state index in [4.69, 9.17) is 0 Å². The lowest BCUT2D eigenvalue weighted by Crippen LogP contribution is -2.30. The molecule has 0 amide bonds. The Balaban J connectivity index is 2.37.